The zero-order valence-electron chi connectivity index (χ0n) is 8.95. The van der Waals surface area contributed by atoms with Crippen LogP contribution in [0, 0.1) is 5.92 Å². The maximum absolute atomic E-state index is 11.6. The fourth-order valence-corrected chi connectivity index (χ4v) is 2.15. The first-order chi connectivity index (χ1) is 7.18. The van der Waals surface area contributed by atoms with Crippen molar-refractivity contribution >= 4 is 11.9 Å². The Morgan fingerprint density at radius 3 is 2.53 bits per heavy atom. The van der Waals surface area contributed by atoms with Gasteiger partial charge in [-0.2, -0.15) is 0 Å². The lowest BCUT2D eigenvalue weighted by Crippen LogP contribution is -2.39. The average Bonchev–Trinajstić information content (AvgIpc) is 2.47. The Kier molecular flexibility index (Phi) is 2.90. The summed E-state index contributed by atoms with van der Waals surface area (Å²) < 4.78 is 0. The largest absolute Gasteiger partial charge is 0.326 e. The molecule has 84 valence electrons. The molecule has 0 saturated carbocycles. The number of rotatable bonds is 2. The van der Waals surface area contributed by atoms with Crippen molar-refractivity contribution in [2.75, 3.05) is 19.6 Å². The van der Waals surface area contributed by atoms with Crippen LogP contribution >= 0.6 is 0 Å². The molecule has 2 fully saturated rings. The van der Waals surface area contributed by atoms with E-state index in [4.69, 9.17) is 0 Å². The summed E-state index contributed by atoms with van der Waals surface area (Å²) in [5, 5.41) is 5.89. The van der Waals surface area contributed by atoms with E-state index in [1.54, 1.807) is 6.92 Å². The van der Waals surface area contributed by atoms with E-state index < -0.39 is 0 Å². The topological polar surface area (TPSA) is 61.4 Å². The Morgan fingerprint density at radius 1 is 1.33 bits per heavy atom. The van der Waals surface area contributed by atoms with E-state index in [1.165, 1.54) is 4.90 Å². The summed E-state index contributed by atoms with van der Waals surface area (Å²) in [5.74, 6) is 0.379. The molecule has 2 N–H and O–H groups in total. The van der Waals surface area contributed by atoms with Gasteiger partial charge in [-0.05, 0) is 38.8 Å². The maximum Gasteiger partial charge on any atom is 0.324 e. The Hall–Kier alpha value is -1.10. The Balaban J connectivity index is 1.93. The van der Waals surface area contributed by atoms with E-state index in [-0.39, 0.29) is 18.0 Å². The molecule has 2 saturated heterocycles. The fraction of sp³-hybridized carbons (Fsp3) is 0.800. The SMILES string of the molecule is CC1NC(=O)N(CC2CCNCC2)C1=O. The molecule has 15 heavy (non-hydrogen) atoms. The number of imide groups is 1. The van der Waals surface area contributed by atoms with Crippen LogP contribution in [0.2, 0.25) is 0 Å². The van der Waals surface area contributed by atoms with Gasteiger partial charge in [0.05, 0.1) is 0 Å². The van der Waals surface area contributed by atoms with Gasteiger partial charge in [-0.25, -0.2) is 4.79 Å². The molecule has 3 amide bonds. The second kappa shape index (κ2) is 4.18. The lowest BCUT2D eigenvalue weighted by molar-refractivity contribution is -0.127. The third-order valence-corrected chi connectivity index (χ3v) is 3.12. The number of hydrogen-bond acceptors (Lipinski definition) is 3. The summed E-state index contributed by atoms with van der Waals surface area (Å²) in [4.78, 5) is 24.4. The van der Waals surface area contributed by atoms with Crippen molar-refractivity contribution < 1.29 is 9.59 Å². The smallest absolute Gasteiger partial charge is 0.324 e. The first-order valence-corrected chi connectivity index (χ1v) is 5.51. The van der Waals surface area contributed by atoms with E-state index in [1.807, 2.05) is 0 Å². The molecular formula is C10H17N3O2. The summed E-state index contributed by atoms with van der Waals surface area (Å²) in [6, 6.07) is -0.578. The number of urea groups is 1. The molecule has 1 unspecified atom stereocenters. The van der Waals surface area contributed by atoms with Crippen LogP contribution in [0.4, 0.5) is 4.79 Å². The van der Waals surface area contributed by atoms with Crippen LogP contribution in [0.3, 0.4) is 0 Å². The van der Waals surface area contributed by atoms with Gasteiger partial charge in [0, 0.05) is 6.54 Å². The predicted molar refractivity (Wildman–Crippen MR) is 55.3 cm³/mol. The Morgan fingerprint density at radius 2 is 2.00 bits per heavy atom. The molecule has 5 heteroatoms. The van der Waals surface area contributed by atoms with Crippen LogP contribution in [-0.2, 0) is 4.79 Å². The van der Waals surface area contributed by atoms with Gasteiger partial charge in [-0.1, -0.05) is 0 Å². The molecule has 0 spiro atoms. The molecule has 0 aromatic carbocycles. The van der Waals surface area contributed by atoms with E-state index >= 15 is 0 Å². The van der Waals surface area contributed by atoms with Gasteiger partial charge in [0.15, 0.2) is 0 Å². The second-order valence-electron chi connectivity index (χ2n) is 4.31. The number of piperidine rings is 1. The molecular weight excluding hydrogens is 194 g/mol. The van der Waals surface area contributed by atoms with Crippen molar-refractivity contribution in [2.24, 2.45) is 5.92 Å². The molecule has 5 nitrogen and oxygen atoms in total. The minimum absolute atomic E-state index is 0.0847. The summed E-state index contributed by atoms with van der Waals surface area (Å²) in [6.07, 6.45) is 2.09. The summed E-state index contributed by atoms with van der Waals surface area (Å²) >= 11 is 0. The number of carbonyl (C=O) groups is 2. The number of nitrogens with one attached hydrogen (secondary N) is 2. The van der Waals surface area contributed by atoms with Crippen LogP contribution in [-0.4, -0.2) is 42.5 Å². The highest BCUT2D eigenvalue weighted by molar-refractivity contribution is 6.03. The lowest BCUT2D eigenvalue weighted by atomic mass is 9.97. The van der Waals surface area contributed by atoms with Gasteiger partial charge in [0.25, 0.3) is 5.91 Å². The van der Waals surface area contributed by atoms with Crippen molar-refractivity contribution in [3.63, 3.8) is 0 Å². The quantitative estimate of drug-likeness (QED) is 0.628. The molecule has 0 aliphatic carbocycles. The first-order valence-electron chi connectivity index (χ1n) is 5.51. The standard InChI is InChI=1S/C10H17N3O2/c1-7-9(14)13(10(15)12-7)6-8-2-4-11-5-3-8/h7-8,11H,2-6H2,1H3,(H,12,15). The van der Waals surface area contributed by atoms with E-state index in [9.17, 15) is 9.59 Å². The molecule has 2 rings (SSSR count). The highest BCUT2D eigenvalue weighted by Crippen LogP contribution is 2.16. The summed E-state index contributed by atoms with van der Waals surface area (Å²) in [6.45, 7) is 4.28. The number of carbonyl (C=O) groups excluding carboxylic acids is 2. The number of nitrogens with zero attached hydrogens (tertiary/aromatic N) is 1. The van der Waals surface area contributed by atoms with Crippen LogP contribution in [0.1, 0.15) is 19.8 Å². The van der Waals surface area contributed by atoms with Gasteiger partial charge >= 0.3 is 6.03 Å². The predicted octanol–water partition coefficient (Wildman–Crippen LogP) is -0.0737. The molecule has 0 aromatic rings. The molecule has 2 heterocycles. The Labute approximate surface area is 89.2 Å². The van der Waals surface area contributed by atoms with Crippen molar-refractivity contribution in [1.29, 1.82) is 0 Å². The molecule has 1 atom stereocenters. The van der Waals surface area contributed by atoms with E-state index in [0.29, 0.717) is 12.5 Å². The summed E-state index contributed by atoms with van der Waals surface area (Å²) in [7, 11) is 0. The molecule has 2 aliphatic heterocycles. The van der Waals surface area contributed by atoms with Gasteiger partial charge in [0.1, 0.15) is 6.04 Å². The van der Waals surface area contributed by atoms with Gasteiger partial charge < -0.3 is 10.6 Å². The van der Waals surface area contributed by atoms with Crippen molar-refractivity contribution in [3.8, 4) is 0 Å². The zero-order chi connectivity index (χ0) is 10.8. The maximum atomic E-state index is 11.6. The second-order valence-corrected chi connectivity index (χ2v) is 4.31. The van der Waals surface area contributed by atoms with Crippen molar-refractivity contribution in [2.45, 2.75) is 25.8 Å². The van der Waals surface area contributed by atoms with Crippen molar-refractivity contribution in [3.05, 3.63) is 0 Å². The normalized spacial score (nSPS) is 28.3. The monoisotopic (exact) mass is 211 g/mol. The van der Waals surface area contributed by atoms with Gasteiger partial charge in [0.2, 0.25) is 0 Å². The fourth-order valence-electron chi connectivity index (χ4n) is 2.15. The van der Waals surface area contributed by atoms with E-state index in [2.05, 4.69) is 10.6 Å². The zero-order valence-corrected chi connectivity index (χ0v) is 8.95. The van der Waals surface area contributed by atoms with Crippen LogP contribution in [0.5, 0.6) is 0 Å². The number of amides is 3. The molecule has 0 bridgehead atoms. The van der Waals surface area contributed by atoms with Crippen molar-refractivity contribution in [1.82, 2.24) is 15.5 Å². The molecule has 0 aromatic heterocycles. The third-order valence-electron chi connectivity index (χ3n) is 3.12. The molecule has 2 aliphatic rings. The van der Waals surface area contributed by atoms with Crippen LogP contribution in [0.15, 0.2) is 0 Å². The Bertz CT molecular complexity index is 274. The minimum Gasteiger partial charge on any atom is -0.326 e. The highest BCUT2D eigenvalue weighted by atomic mass is 16.2. The lowest BCUT2D eigenvalue weighted by Gasteiger charge is -2.25. The third kappa shape index (κ3) is 2.12. The molecule has 0 radical (unpaired) electrons. The highest BCUT2D eigenvalue weighted by Gasteiger charge is 2.36. The summed E-state index contributed by atoms with van der Waals surface area (Å²) in [5.41, 5.74) is 0. The van der Waals surface area contributed by atoms with E-state index in [0.717, 1.165) is 25.9 Å². The van der Waals surface area contributed by atoms with Gasteiger partial charge in [-0.3, -0.25) is 9.69 Å². The van der Waals surface area contributed by atoms with Gasteiger partial charge in [-0.15, -0.1) is 0 Å². The van der Waals surface area contributed by atoms with Crippen LogP contribution < -0.4 is 10.6 Å². The average molecular weight is 211 g/mol. The minimum atomic E-state index is -0.348. The first kappa shape index (κ1) is 10.4. The van der Waals surface area contributed by atoms with Crippen LogP contribution in [0.25, 0.3) is 0 Å². The number of hydrogen-bond donors (Lipinski definition) is 2.